The zero-order valence-electron chi connectivity index (χ0n) is 5.80. The summed E-state index contributed by atoms with van der Waals surface area (Å²) in [5.74, 6) is 0.488. The monoisotopic (exact) mass is 175 g/mol. The van der Waals surface area contributed by atoms with Gasteiger partial charge in [0.15, 0.2) is 0 Å². The number of hydrogen-bond donors (Lipinski definition) is 2. The summed E-state index contributed by atoms with van der Waals surface area (Å²) < 4.78 is 4.99. The van der Waals surface area contributed by atoms with Gasteiger partial charge in [0.25, 0.3) is 0 Å². The van der Waals surface area contributed by atoms with E-state index in [1.807, 2.05) is 0 Å². The SMILES string of the molecule is OC[C@H](O)COc1cscn1. The minimum absolute atomic E-state index is 0.0836. The van der Waals surface area contributed by atoms with Gasteiger partial charge in [0, 0.05) is 0 Å². The summed E-state index contributed by atoms with van der Waals surface area (Å²) in [7, 11) is 0. The maximum Gasteiger partial charge on any atom is 0.224 e. The number of aliphatic hydroxyl groups excluding tert-OH is 2. The van der Waals surface area contributed by atoms with Gasteiger partial charge in [-0.1, -0.05) is 0 Å². The molecule has 1 atom stereocenters. The molecule has 0 unspecified atom stereocenters. The van der Waals surface area contributed by atoms with Crippen LogP contribution in [-0.4, -0.2) is 34.5 Å². The zero-order valence-corrected chi connectivity index (χ0v) is 6.62. The van der Waals surface area contributed by atoms with Crippen LogP contribution in [0.5, 0.6) is 5.88 Å². The largest absolute Gasteiger partial charge is 0.474 e. The van der Waals surface area contributed by atoms with Crippen molar-refractivity contribution in [2.45, 2.75) is 6.10 Å². The number of aliphatic hydroxyl groups is 2. The number of ether oxygens (including phenoxy) is 1. The molecular weight excluding hydrogens is 166 g/mol. The summed E-state index contributed by atoms with van der Waals surface area (Å²) in [6, 6.07) is 0. The fraction of sp³-hybridized carbons (Fsp3) is 0.500. The van der Waals surface area contributed by atoms with Crippen molar-refractivity contribution in [3.63, 3.8) is 0 Å². The number of nitrogens with zero attached hydrogens (tertiary/aromatic N) is 1. The highest BCUT2D eigenvalue weighted by atomic mass is 32.1. The molecule has 5 heteroatoms. The summed E-state index contributed by atoms with van der Waals surface area (Å²) >= 11 is 1.42. The highest BCUT2D eigenvalue weighted by Gasteiger charge is 2.02. The summed E-state index contributed by atoms with van der Waals surface area (Å²) in [6.07, 6.45) is -0.823. The molecule has 11 heavy (non-hydrogen) atoms. The predicted molar refractivity (Wildman–Crippen MR) is 40.7 cm³/mol. The lowest BCUT2D eigenvalue weighted by Crippen LogP contribution is -2.21. The predicted octanol–water partition coefficient (Wildman–Crippen LogP) is -0.125. The number of hydrogen-bond acceptors (Lipinski definition) is 5. The Labute approximate surface area is 68.1 Å². The maximum absolute atomic E-state index is 8.86. The fourth-order valence-corrected chi connectivity index (χ4v) is 0.978. The molecule has 2 N–H and O–H groups in total. The Hall–Kier alpha value is -0.650. The van der Waals surface area contributed by atoms with Crippen molar-refractivity contribution in [1.82, 2.24) is 4.98 Å². The quantitative estimate of drug-likeness (QED) is 0.669. The molecule has 1 aromatic heterocycles. The Kier molecular flexibility index (Phi) is 3.28. The number of thiazole rings is 1. The van der Waals surface area contributed by atoms with Gasteiger partial charge in [-0.05, 0) is 0 Å². The van der Waals surface area contributed by atoms with Crippen molar-refractivity contribution in [2.24, 2.45) is 0 Å². The number of aromatic nitrogens is 1. The Morgan fingerprint density at radius 3 is 3.09 bits per heavy atom. The second-order valence-electron chi connectivity index (χ2n) is 1.97. The molecule has 0 bridgehead atoms. The van der Waals surface area contributed by atoms with Gasteiger partial charge >= 0.3 is 0 Å². The third-order valence-corrected chi connectivity index (χ3v) is 1.61. The molecule has 1 rings (SSSR count). The van der Waals surface area contributed by atoms with Crippen LogP contribution in [0.4, 0.5) is 0 Å². The van der Waals surface area contributed by atoms with E-state index >= 15 is 0 Å². The van der Waals surface area contributed by atoms with E-state index < -0.39 is 6.10 Å². The molecule has 0 saturated heterocycles. The van der Waals surface area contributed by atoms with Crippen molar-refractivity contribution >= 4 is 11.3 Å². The topological polar surface area (TPSA) is 62.6 Å². The molecule has 0 aliphatic rings. The second kappa shape index (κ2) is 4.27. The summed E-state index contributed by atoms with van der Waals surface area (Å²) in [5, 5.41) is 19.0. The average molecular weight is 175 g/mol. The van der Waals surface area contributed by atoms with E-state index in [4.69, 9.17) is 14.9 Å². The fourth-order valence-electron chi connectivity index (χ4n) is 0.507. The van der Waals surface area contributed by atoms with Crippen molar-refractivity contribution in [3.8, 4) is 5.88 Å². The Morgan fingerprint density at radius 1 is 1.73 bits per heavy atom. The molecule has 0 fully saturated rings. The van der Waals surface area contributed by atoms with Crippen molar-refractivity contribution < 1.29 is 14.9 Å². The van der Waals surface area contributed by atoms with Crippen molar-refractivity contribution in [1.29, 1.82) is 0 Å². The first-order valence-electron chi connectivity index (χ1n) is 3.13. The normalized spacial score (nSPS) is 12.9. The Balaban J connectivity index is 2.23. The Morgan fingerprint density at radius 2 is 2.55 bits per heavy atom. The van der Waals surface area contributed by atoms with E-state index in [-0.39, 0.29) is 13.2 Å². The molecule has 0 radical (unpaired) electrons. The lowest BCUT2D eigenvalue weighted by atomic mass is 10.4. The van der Waals surface area contributed by atoms with Gasteiger partial charge in [0.05, 0.1) is 17.5 Å². The lowest BCUT2D eigenvalue weighted by Gasteiger charge is -2.06. The van der Waals surface area contributed by atoms with Gasteiger partial charge < -0.3 is 14.9 Å². The molecule has 0 aliphatic heterocycles. The zero-order chi connectivity index (χ0) is 8.10. The highest BCUT2D eigenvalue weighted by molar-refractivity contribution is 7.07. The van der Waals surface area contributed by atoms with E-state index in [2.05, 4.69) is 4.98 Å². The smallest absolute Gasteiger partial charge is 0.224 e. The molecular formula is C6H9NO3S. The molecule has 0 saturated carbocycles. The molecule has 1 aromatic rings. The number of rotatable bonds is 4. The lowest BCUT2D eigenvalue weighted by molar-refractivity contribution is 0.0523. The van der Waals surface area contributed by atoms with Gasteiger partial charge in [0.1, 0.15) is 12.7 Å². The summed E-state index contributed by atoms with van der Waals surface area (Å²) in [6.45, 7) is -0.204. The van der Waals surface area contributed by atoms with Crippen LogP contribution in [0.25, 0.3) is 0 Å². The van der Waals surface area contributed by atoms with Crippen LogP contribution in [0.3, 0.4) is 0 Å². The van der Waals surface area contributed by atoms with E-state index in [9.17, 15) is 0 Å². The van der Waals surface area contributed by atoms with Crippen LogP contribution in [0.15, 0.2) is 10.9 Å². The first-order valence-corrected chi connectivity index (χ1v) is 4.07. The van der Waals surface area contributed by atoms with Gasteiger partial charge in [0.2, 0.25) is 5.88 Å². The van der Waals surface area contributed by atoms with Crippen molar-refractivity contribution in [3.05, 3.63) is 10.9 Å². The molecule has 0 amide bonds. The highest BCUT2D eigenvalue weighted by Crippen LogP contribution is 2.09. The molecule has 0 aliphatic carbocycles. The Bertz CT molecular complexity index is 190. The van der Waals surface area contributed by atoms with Crippen LogP contribution >= 0.6 is 11.3 Å². The minimum Gasteiger partial charge on any atom is -0.474 e. The first-order chi connectivity index (χ1) is 5.33. The maximum atomic E-state index is 8.86. The molecule has 0 spiro atoms. The first kappa shape index (κ1) is 8.45. The van der Waals surface area contributed by atoms with E-state index in [0.717, 1.165) is 0 Å². The molecule has 0 aromatic carbocycles. The summed E-state index contributed by atoms with van der Waals surface area (Å²) in [5.41, 5.74) is 1.64. The molecule has 62 valence electrons. The average Bonchev–Trinajstić information content (AvgIpc) is 2.52. The standard InChI is InChI=1S/C6H9NO3S/c8-1-5(9)2-10-6-3-11-4-7-6/h3-5,8-9H,1-2H2/t5-/m0/s1. The molecule has 4 nitrogen and oxygen atoms in total. The summed E-state index contributed by atoms with van der Waals surface area (Å²) in [4.78, 5) is 3.83. The van der Waals surface area contributed by atoms with Gasteiger partial charge in [-0.3, -0.25) is 0 Å². The van der Waals surface area contributed by atoms with Gasteiger partial charge in [-0.25, -0.2) is 4.98 Å². The van der Waals surface area contributed by atoms with Gasteiger partial charge in [-0.15, -0.1) is 11.3 Å². The van der Waals surface area contributed by atoms with E-state index in [0.29, 0.717) is 5.88 Å². The van der Waals surface area contributed by atoms with Crippen LogP contribution in [0.2, 0.25) is 0 Å². The van der Waals surface area contributed by atoms with Crippen LogP contribution in [0.1, 0.15) is 0 Å². The minimum atomic E-state index is -0.823. The van der Waals surface area contributed by atoms with Crippen molar-refractivity contribution in [2.75, 3.05) is 13.2 Å². The van der Waals surface area contributed by atoms with Crippen LogP contribution in [0, 0.1) is 0 Å². The van der Waals surface area contributed by atoms with Crippen LogP contribution in [-0.2, 0) is 0 Å². The third-order valence-electron chi connectivity index (χ3n) is 1.04. The second-order valence-corrected chi connectivity index (χ2v) is 2.69. The third kappa shape index (κ3) is 2.83. The van der Waals surface area contributed by atoms with Crippen LogP contribution < -0.4 is 4.74 Å². The van der Waals surface area contributed by atoms with E-state index in [1.54, 1.807) is 10.9 Å². The van der Waals surface area contributed by atoms with E-state index in [1.165, 1.54) is 11.3 Å². The molecule has 1 heterocycles. The van der Waals surface area contributed by atoms with Gasteiger partial charge in [-0.2, -0.15) is 0 Å².